The topological polar surface area (TPSA) is 103 Å². The predicted octanol–water partition coefficient (Wildman–Crippen LogP) is 5.36. The molecule has 0 fully saturated rings. The average molecular weight is 562 g/mol. The predicted molar refractivity (Wildman–Crippen MR) is 146 cm³/mol. The van der Waals surface area contributed by atoms with E-state index in [1.54, 1.807) is 55.6 Å². The molecule has 4 aromatic rings. The SMILES string of the molecule is C=CCc1cc(C=Nn2c(C)nc3ccc(Br)cc3c2=O)cc(OC)c1OCc1cccc(C(=O)O)c1. The minimum absolute atomic E-state index is 0.155. The first-order valence-corrected chi connectivity index (χ1v) is 12.1. The molecule has 0 radical (unpaired) electrons. The van der Waals surface area contributed by atoms with Gasteiger partial charge < -0.3 is 14.6 Å². The van der Waals surface area contributed by atoms with Gasteiger partial charge in [-0.15, -0.1) is 6.58 Å². The maximum atomic E-state index is 13.0. The quantitative estimate of drug-likeness (QED) is 0.218. The van der Waals surface area contributed by atoms with Crippen molar-refractivity contribution in [3.05, 3.63) is 110 Å². The number of hydrogen-bond donors (Lipinski definition) is 1. The van der Waals surface area contributed by atoms with Crippen molar-refractivity contribution < 1.29 is 19.4 Å². The number of carboxylic acid groups (broad SMARTS) is 1. The molecule has 0 aliphatic rings. The first-order valence-electron chi connectivity index (χ1n) is 11.3. The number of fused-ring (bicyclic) bond motifs is 1. The number of methoxy groups -OCH3 is 1. The standard InChI is InChI=1S/C28H24BrN3O5/c1-4-6-20-12-19(15-30-32-17(2)31-24-10-9-22(29)14-23(24)27(32)33)13-25(36-3)26(20)37-16-18-7-5-8-21(11-18)28(34)35/h4-5,7-15H,1,6,16H2,2-3H3,(H,34,35). The van der Waals surface area contributed by atoms with Crippen LogP contribution in [0.2, 0.25) is 0 Å². The molecule has 1 heterocycles. The first kappa shape index (κ1) is 25.8. The van der Waals surface area contributed by atoms with Gasteiger partial charge >= 0.3 is 5.97 Å². The second-order valence-corrected chi connectivity index (χ2v) is 9.10. The number of aromatic carboxylic acids is 1. The molecule has 4 rings (SSSR count). The van der Waals surface area contributed by atoms with Crippen LogP contribution in [0.5, 0.6) is 11.5 Å². The minimum Gasteiger partial charge on any atom is -0.493 e. The highest BCUT2D eigenvalue weighted by atomic mass is 79.9. The number of aryl methyl sites for hydroxylation is 1. The summed E-state index contributed by atoms with van der Waals surface area (Å²) in [5.41, 5.74) is 2.71. The zero-order valence-corrected chi connectivity index (χ0v) is 21.9. The van der Waals surface area contributed by atoms with Crippen molar-refractivity contribution in [1.82, 2.24) is 9.66 Å². The van der Waals surface area contributed by atoms with Crippen molar-refractivity contribution in [1.29, 1.82) is 0 Å². The second-order valence-electron chi connectivity index (χ2n) is 8.18. The third-order valence-corrected chi connectivity index (χ3v) is 6.08. The highest BCUT2D eigenvalue weighted by Gasteiger charge is 2.14. The van der Waals surface area contributed by atoms with Gasteiger partial charge in [-0.3, -0.25) is 4.79 Å². The fraction of sp³-hybridized carbons (Fsp3) is 0.143. The van der Waals surface area contributed by atoms with Gasteiger partial charge in [-0.05, 0) is 66.9 Å². The lowest BCUT2D eigenvalue weighted by Crippen LogP contribution is -2.20. The molecule has 0 atom stereocenters. The van der Waals surface area contributed by atoms with E-state index >= 15 is 0 Å². The van der Waals surface area contributed by atoms with Crippen molar-refractivity contribution in [2.45, 2.75) is 20.0 Å². The summed E-state index contributed by atoms with van der Waals surface area (Å²) in [6, 6.07) is 15.5. The number of aromatic nitrogens is 2. The zero-order chi connectivity index (χ0) is 26.5. The monoisotopic (exact) mass is 561 g/mol. The van der Waals surface area contributed by atoms with Gasteiger partial charge in [0, 0.05) is 10.0 Å². The van der Waals surface area contributed by atoms with E-state index in [4.69, 9.17) is 9.47 Å². The first-order chi connectivity index (χ1) is 17.8. The Kier molecular flexibility index (Phi) is 7.83. The molecule has 0 saturated heterocycles. The number of allylic oxidation sites excluding steroid dienone is 1. The summed E-state index contributed by atoms with van der Waals surface area (Å²) in [7, 11) is 1.53. The molecule has 1 N–H and O–H groups in total. The lowest BCUT2D eigenvalue weighted by Gasteiger charge is -2.16. The van der Waals surface area contributed by atoms with Crippen LogP contribution in [0.4, 0.5) is 0 Å². The minimum atomic E-state index is -1.00. The van der Waals surface area contributed by atoms with Crippen LogP contribution in [0, 0.1) is 6.92 Å². The van der Waals surface area contributed by atoms with Gasteiger partial charge in [0.1, 0.15) is 12.4 Å². The van der Waals surface area contributed by atoms with Crippen LogP contribution in [-0.2, 0) is 13.0 Å². The Bertz CT molecular complexity index is 1590. The van der Waals surface area contributed by atoms with Gasteiger partial charge in [0.05, 0.1) is 29.8 Å². The molecule has 0 amide bonds. The molecule has 0 bridgehead atoms. The number of ether oxygens (including phenoxy) is 2. The van der Waals surface area contributed by atoms with Gasteiger partial charge in [0.2, 0.25) is 0 Å². The third kappa shape index (κ3) is 5.78. The van der Waals surface area contributed by atoms with E-state index in [0.717, 1.165) is 10.0 Å². The van der Waals surface area contributed by atoms with E-state index in [1.165, 1.54) is 17.9 Å². The van der Waals surface area contributed by atoms with Crippen LogP contribution < -0.4 is 15.0 Å². The lowest BCUT2D eigenvalue weighted by molar-refractivity contribution is 0.0696. The molecule has 0 spiro atoms. The Labute approximate surface area is 221 Å². The van der Waals surface area contributed by atoms with E-state index in [9.17, 15) is 14.7 Å². The fourth-order valence-electron chi connectivity index (χ4n) is 3.85. The molecule has 188 valence electrons. The number of nitrogens with zero attached hydrogens (tertiary/aromatic N) is 3. The number of hydrogen-bond acceptors (Lipinski definition) is 6. The van der Waals surface area contributed by atoms with E-state index < -0.39 is 5.97 Å². The number of carbonyl (C=O) groups is 1. The maximum Gasteiger partial charge on any atom is 0.335 e. The molecule has 0 aliphatic heterocycles. The zero-order valence-electron chi connectivity index (χ0n) is 20.3. The maximum absolute atomic E-state index is 13.0. The summed E-state index contributed by atoms with van der Waals surface area (Å²) < 4.78 is 13.7. The number of halogens is 1. The fourth-order valence-corrected chi connectivity index (χ4v) is 4.21. The molecule has 8 nitrogen and oxygen atoms in total. The molecule has 0 unspecified atom stereocenters. The van der Waals surface area contributed by atoms with Gasteiger partial charge in [0.15, 0.2) is 11.5 Å². The molecular weight excluding hydrogens is 538 g/mol. The van der Waals surface area contributed by atoms with Crippen LogP contribution in [-0.4, -0.2) is 34.1 Å². The average Bonchev–Trinajstić information content (AvgIpc) is 2.88. The number of carboxylic acids is 1. The summed E-state index contributed by atoms with van der Waals surface area (Å²) in [6.45, 7) is 5.71. The highest BCUT2D eigenvalue weighted by Crippen LogP contribution is 2.34. The number of benzene rings is 3. The van der Waals surface area contributed by atoms with Crippen molar-refractivity contribution in [2.24, 2.45) is 5.10 Å². The Morgan fingerprint density at radius 1 is 1.22 bits per heavy atom. The van der Waals surface area contributed by atoms with Crippen LogP contribution in [0.15, 0.2) is 81.6 Å². The van der Waals surface area contributed by atoms with E-state index in [1.807, 2.05) is 12.1 Å². The van der Waals surface area contributed by atoms with Crippen molar-refractivity contribution >= 4 is 39.0 Å². The molecule has 0 saturated carbocycles. The third-order valence-electron chi connectivity index (χ3n) is 5.59. The van der Waals surface area contributed by atoms with Crippen molar-refractivity contribution in [2.75, 3.05) is 7.11 Å². The van der Waals surface area contributed by atoms with Gasteiger partial charge in [-0.2, -0.15) is 9.78 Å². The van der Waals surface area contributed by atoms with Crippen molar-refractivity contribution in [3.8, 4) is 11.5 Å². The summed E-state index contributed by atoms with van der Waals surface area (Å²) in [4.78, 5) is 28.8. The smallest absolute Gasteiger partial charge is 0.335 e. The molecule has 0 aliphatic carbocycles. The van der Waals surface area contributed by atoms with Gasteiger partial charge in [0.25, 0.3) is 5.56 Å². The highest BCUT2D eigenvalue weighted by molar-refractivity contribution is 9.10. The van der Waals surface area contributed by atoms with Gasteiger partial charge in [-0.1, -0.05) is 34.1 Å². The van der Waals surface area contributed by atoms with Crippen LogP contribution in [0.25, 0.3) is 10.9 Å². The largest absolute Gasteiger partial charge is 0.493 e. The molecule has 37 heavy (non-hydrogen) atoms. The Balaban J connectivity index is 1.68. The molecule has 9 heteroatoms. The van der Waals surface area contributed by atoms with E-state index in [2.05, 4.69) is 32.6 Å². The summed E-state index contributed by atoms with van der Waals surface area (Å²) >= 11 is 3.39. The normalized spacial score (nSPS) is 11.1. The van der Waals surface area contributed by atoms with Crippen molar-refractivity contribution in [3.63, 3.8) is 0 Å². The van der Waals surface area contributed by atoms with Gasteiger partial charge in [-0.25, -0.2) is 9.78 Å². The molecular formula is C28H24BrN3O5. The summed E-state index contributed by atoms with van der Waals surface area (Å²) in [6.07, 6.45) is 3.80. The number of rotatable bonds is 9. The lowest BCUT2D eigenvalue weighted by atomic mass is 10.1. The molecule has 1 aromatic heterocycles. The van der Waals surface area contributed by atoms with Crippen LogP contribution in [0.1, 0.15) is 32.9 Å². The Morgan fingerprint density at radius 3 is 2.76 bits per heavy atom. The summed E-state index contributed by atoms with van der Waals surface area (Å²) in [5.74, 6) is 0.447. The Morgan fingerprint density at radius 2 is 2.03 bits per heavy atom. The second kappa shape index (κ2) is 11.2. The van der Waals surface area contributed by atoms with Crippen LogP contribution in [0.3, 0.4) is 0 Å². The Hall–Kier alpha value is -4.24. The molecule has 3 aromatic carbocycles. The van der Waals surface area contributed by atoms with E-state index in [-0.39, 0.29) is 17.7 Å². The van der Waals surface area contributed by atoms with Crippen LogP contribution >= 0.6 is 15.9 Å². The van der Waals surface area contributed by atoms with E-state index in [0.29, 0.717) is 45.8 Å². The summed E-state index contributed by atoms with van der Waals surface area (Å²) in [5, 5.41) is 14.1.